The number of carbonyl (C=O) groups excluding carboxylic acids is 1. The summed E-state index contributed by atoms with van der Waals surface area (Å²) in [5.41, 5.74) is -0.0291. The topological polar surface area (TPSA) is 49.8 Å². The zero-order valence-corrected chi connectivity index (χ0v) is 12.3. The predicted octanol–water partition coefficient (Wildman–Crippen LogP) is 1.62. The Balaban J connectivity index is 1.46. The number of benzene rings is 1. The van der Waals surface area contributed by atoms with Gasteiger partial charge >= 0.3 is 5.97 Å². The normalized spacial score (nSPS) is 31.1. The molecule has 2 bridgehead atoms. The van der Waals surface area contributed by atoms with E-state index in [0.717, 1.165) is 38.8 Å². The number of fused-ring (bicyclic) bond motifs is 3. The van der Waals surface area contributed by atoms with E-state index in [1.165, 1.54) is 5.56 Å². The molecule has 1 N–H and O–H groups in total. The van der Waals surface area contributed by atoms with Crippen molar-refractivity contribution in [1.82, 2.24) is 4.90 Å². The second-order valence-electron chi connectivity index (χ2n) is 6.20. The van der Waals surface area contributed by atoms with Gasteiger partial charge < -0.3 is 9.84 Å². The molecule has 114 valence electrons. The Morgan fingerprint density at radius 2 is 2.00 bits per heavy atom. The lowest BCUT2D eigenvalue weighted by Gasteiger charge is -2.48. The summed E-state index contributed by atoms with van der Waals surface area (Å²) < 4.78 is 5.34. The fourth-order valence-corrected chi connectivity index (χ4v) is 3.48. The van der Waals surface area contributed by atoms with Crippen molar-refractivity contribution >= 4 is 5.97 Å². The van der Waals surface area contributed by atoms with Crippen LogP contribution in [0.25, 0.3) is 0 Å². The lowest BCUT2D eigenvalue weighted by molar-refractivity contribution is -0.186. The second-order valence-corrected chi connectivity index (χ2v) is 6.20. The monoisotopic (exact) mass is 289 g/mol. The maximum Gasteiger partial charge on any atom is 0.339 e. The van der Waals surface area contributed by atoms with Gasteiger partial charge in [-0.3, -0.25) is 4.90 Å². The van der Waals surface area contributed by atoms with Crippen LogP contribution in [-0.4, -0.2) is 47.8 Å². The Morgan fingerprint density at radius 1 is 1.29 bits per heavy atom. The van der Waals surface area contributed by atoms with Crippen LogP contribution < -0.4 is 0 Å². The highest BCUT2D eigenvalue weighted by Crippen LogP contribution is 2.36. The average molecular weight is 289 g/mol. The first-order valence-corrected chi connectivity index (χ1v) is 7.84. The van der Waals surface area contributed by atoms with Crippen molar-refractivity contribution in [2.75, 3.05) is 26.2 Å². The van der Waals surface area contributed by atoms with Gasteiger partial charge in [0.1, 0.15) is 0 Å². The highest BCUT2D eigenvalue weighted by Gasteiger charge is 2.51. The summed E-state index contributed by atoms with van der Waals surface area (Å²) in [4.78, 5) is 14.4. The Bertz CT molecular complexity index is 482. The Morgan fingerprint density at radius 3 is 2.62 bits per heavy atom. The SMILES string of the molecule is O=C(OCCCc1ccccc1)C1(O)CN2CCC1CC2. The minimum Gasteiger partial charge on any atom is -0.464 e. The number of ether oxygens (including phenoxy) is 1. The average Bonchev–Trinajstić information content (AvgIpc) is 2.53. The molecule has 4 rings (SSSR count). The number of carbonyl (C=O) groups is 1. The van der Waals surface area contributed by atoms with Crippen molar-refractivity contribution in [3.8, 4) is 0 Å². The maximum absolute atomic E-state index is 12.2. The van der Waals surface area contributed by atoms with Crippen LogP contribution in [0.3, 0.4) is 0 Å². The third-order valence-electron chi connectivity index (χ3n) is 4.77. The first-order valence-electron chi connectivity index (χ1n) is 7.84. The number of nitrogens with zero attached hydrogens (tertiary/aromatic N) is 1. The molecular formula is C17H23NO3. The highest BCUT2D eigenvalue weighted by molar-refractivity contribution is 5.80. The van der Waals surface area contributed by atoms with Crippen LogP contribution in [0.15, 0.2) is 30.3 Å². The molecule has 3 aliphatic rings. The van der Waals surface area contributed by atoms with Crippen LogP contribution >= 0.6 is 0 Å². The molecule has 3 saturated heterocycles. The quantitative estimate of drug-likeness (QED) is 0.661. The summed E-state index contributed by atoms with van der Waals surface area (Å²) in [6.45, 7) is 2.81. The first kappa shape index (κ1) is 14.5. The van der Waals surface area contributed by atoms with Crippen molar-refractivity contribution in [2.24, 2.45) is 5.92 Å². The van der Waals surface area contributed by atoms with Gasteiger partial charge in [0.05, 0.1) is 6.61 Å². The number of hydrogen-bond acceptors (Lipinski definition) is 4. The van der Waals surface area contributed by atoms with Gasteiger partial charge in [-0.2, -0.15) is 0 Å². The van der Waals surface area contributed by atoms with Crippen LogP contribution in [0.2, 0.25) is 0 Å². The van der Waals surface area contributed by atoms with E-state index in [4.69, 9.17) is 4.74 Å². The lowest BCUT2D eigenvalue weighted by Crippen LogP contribution is -2.63. The van der Waals surface area contributed by atoms with Gasteiger partial charge in [0, 0.05) is 12.5 Å². The summed E-state index contributed by atoms with van der Waals surface area (Å²) in [7, 11) is 0. The van der Waals surface area contributed by atoms with Gasteiger partial charge in [-0.15, -0.1) is 0 Å². The molecule has 0 radical (unpaired) electrons. The summed E-state index contributed by atoms with van der Waals surface area (Å²) in [6, 6.07) is 10.2. The van der Waals surface area contributed by atoms with Crippen LogP contribution in [0.1, 0.15) is 24.8 Å². The Labute approximate surface area is 125 Å². The number of aryl methyl sites for hydroxylation is 1. The summed E-state index contributed by atoms with van der Waals surface area (Å²) in [6.07, 6.45) is 3.48. The minimum atomic E-state index is -1.27. The van der Waals surface area contributed by atoms with Crippen LogP contribution in [0.5, 0.6) is 0 Å². The second kappa shape index (κ2) is 6.16. The third kappa shape index (κ3) is 3.11. The predicted molar refractivity (Wildman–Crippen MR) is 79.8 cm³/mol. The number of piperidine rings is 3. The molecule has 4 nitrogen and oxygen atoms in total. The maximum atomic E-state index is 12.2. The molecule has 3 aliphatic heterocycles. The zero-order valence-electron chi connectivity index (χ0n) is 12.3. The van der Waals surface area contributed by atoms with Crippen LogP contribution in [-0.2, 0) is 16.0 Å². The smallest absolute Gasteiger partial charge is 0.339 e. The van der Waals surface area contributed by atoms with E-state index in [9.17, 15) is 9.90 Å². The largest absolute Gasteiger partial charge is 0.464 e. The van der Waals surface area contributed by atoms with E-state index in [0.29, 0.717) is 13.2 Å². The van der Waals surface area contributed by atoms with Gasteiger partial charge in [0.25, 0.3) is 0 Å². The van der Waals surface area contributed by atoms with Crippen molar-refractivity contribution in [3.63, 3.8) is 0 Å². The molecule has 1 atom stereocenters. The Kier molecular flexibility index (Phi) is 4.27. The van der Waals surface area contributed by atoms with Crippen LogP contribution in [0, 0.1) is 5.92 Å². The molecular weight excluding hydrogens is 266 g/mol. The van der Waals surface area contributed by atoms with Crippen molar-refractivity contribution in [1.29, 1.82) is 0 Å². The first-order chi connectivity index (χ1) is 10.2. The van der Waals surface area contributed by atoms with Gasteiger partial charge in [-0.25, -0.2) is 4.79 Å². The standard InChI is InChI=1S/C17H23NO3/c19-16(17(20)13-18-10-8-15(17)9-11-18)21-12-4-7-14-5-2-1-3-6-14/h1-3,5-6,15,20H,4,7-13H2. The van der Waals surface area contributed by atoms with E-state index >= 15 is 0 Å². The number of aliphatic hydroxyl groups is 1. The highest BCUT2D eigenvalue weighted by atomic mass is 16.5. The lowest BCUT2D eigenvalue weighted by atomic mass is 9.75. The van der Waals surface area contributed by atoms with Gasteiger partial charge in [0.15, 0.2) is 5.60 Å². The molecule has 1 unspecified atom stereocenters. The van der Waals surface area contributed by atoms with E-state index in [1.807, 2.05) is 18.2 Å². The van der Waals surface area contributed by atoms with E-state index < -0.39 is 11.6 Å². The number of hydrogen-bond donors (Lipinski definition) is 1. The van der Waals surface area contributed by atoms with Crippen LogP contribution in [0.4, 0.5) is 0 Å². The molecule has 0 aromatic heterocycles. The van der Waals surface area contributed by atoms with E-state index in [2.05, 4.69) is 17.0 Å². The molecule has 3 heterocycles. The minimum absolute atomic E-state index is 0.0733. The van der Waals surface area contributed by atoms with E-state index in [1.54, 1.807) is 0 Å². The van der Waals surface area contributed by atoms with Crippen molar-refractivity contribution in [2.45, 2.75) is 31.3 Å². The molecule has 0 aliphatic carbocycles. The third-order valence-corrected chi connectivity index (χ3v) is 4.77. The fraction of sp³-hybridized carbons (Fsp3) is 0.588. The number of rotatable bonds is 5. The molecule has 4 heteroatoms. The van der Waals surface area contributed by atoms with Crippen molar-refractivity contribution < 1.29 is 14.6 Å². The van der Waals surface area contributed by atoms with Crippen molar-refractivity contribution in [3.05, 3.63) is 35.9 Å². The Hall–Kier alpha value is -1.39. The summed E-state index contributed by atoms with van der Waals surface area (Å²) in [5, 5.41) is 10.6. The summed E-state index contributed by atoms with van der Waals surface area (Å²) in [5.74, 6) is -0.353. The molecule has 1 aromatic carbocycles. The molecule has 0 amide bonds. The van der Waals surface area contributed by atoms with Gasteiger partial charge in [0.2, 0.25) is 0 Å². The van der Waals surface area contributed by atoms with Gasteiger partial charge in [-0.05, 0) is 44.3 Å². The molecule has 1 aromatic rings. The molecule has 0 spiro atoms. The fourth-order valence-electron chi connectivity index (χ4n) is 3.48. The van der Waals surface area contributed by atoms with Gasteiger partial charge in [-0.1, -0.05) is 30.3 Å². The molecule has 0 saturated carbocycles. The number of esters is 1. The molecule has 3 fully saturated rings. The molecule has 21 heavy (non-hydrogen) atoms. The van der Waals surface area contributed by atoms with E-state index in [-0.39, 0.29) is 5.92 Å². The zero-order chi connectivity index (χ0) is 14.7. The summed E-state index contributed by atoms with van der Waals surface area (Å²) >= 11 is 0.